The van der Waals surface area contributed by atoms with Crippen molar-refractivity contribution in [2.45, 2.75) is 0 Å². The van der Waals surface area contributed by atoms with E-state index in [9.17, 15) is 10.1 Å². The molecule has 1 rings (SSSR count). The smallest absolute Gasteiger partial charge is 0.324 e. The molecule has 0 aliphatic rings. The molecule has 1 aromatic heterocycles. The van der Waals surface area contributed by atoms with Crippen LogP contribution in [-0.2, 0) is 0 Å². The molecule has 0 atom stereocenters. The molecule has 1 aromatic rings. The number of hydrogen-bond acceptors (Lipinski definition) is 7. The molecule has 8 heteroatoms. The molecule has 19 heavy (non-hydrogen) atoms. The van der Waals surface area contributed by atoms with Crippen LogP contribution < -0.4 is 5.73 Å². The number of allylic oxidation sites excluding steroid dienone is 2. The van der Waals surface area contributed by atoms with E-state index in [2.05, 4.69) is 0 Å². The normalized spacial score (nSPS) is 9.84. The molecule has 0 saturated carbocycles. The Balaban J connectivity index is 3.25. The molecule has 0 amide bonds. The number of rotatable bonds is 3. The molecule has 0 radical (unpaired) electrons. The first-order chi connectivity index (χ1) is 9.03. The van der Waals surface area contributed by atoms with Gasteiger partial charge in [-0.3, -0.25) is 10.1 Å². The lowest BCUT2D eigenvalue weighted by atomic mass is 10.1. The van der Waals surface area contributed by atoms with Crippen molar-refractivity contribution in [2.24, 2.45) is 5.73 Å². The van der Waals surface area contributed by atoms with Crippen molar-refractivity contribution in [2.75, 3.05) is 0 Å². The zero-order valence-corrected chi connectivity index (χ0v) is 10.1. The summed E-state index contributed by atoms with van der Waals surface area (Å²) in [6.45, 7) is 0. The lowest BCUT2D eigenvalue weighted by molar-refractivity contribution is -0.380. The first-order valence-corrected chi connectivity index (χ1v) is 5.51. The molecule has 0 unspecified atom stereocenters. The highest BCUT2D eigenvalue weighted by molar-refractivity contribution is 7.16. The van der Waals surface area contributed by atoms with Gasteiger partial charge in [-0.15, -0.1) is 0 Å². The van der Waals surface area contributed by atoms with Crippen LogP contribution in [0.3, 0.4) is 0 Å². The third-order valence-electron chi connectivity index (χ3n) is 1.98. The van der Waals surface area contributed by atoms with E-state index in [0.29, 0.717) is 4.88 Å². The molecule has 2 N–H and O–H groups in total. The van der Waals surface area contributed by atoms with Crippen LogP contribution in [0.5, 0.6) is 0 Å². The Morgan fingerprint density at radius 1 is 1.32 bits per heavy atom. The van der Waals surface area contributed by atoms with Crippen molar-refractivity contribution in [3.8, 4) is 18.2 Å². The van der Waals surface area contributed by atoms with Gasteiger partial charge in [-0.25, -0.2) is 0 Å². The van der Waals surface area contributed by atoms with E-state index in [1.165, 1.54) is 18.2 Å². The second kappa shape index (κ2) is 5.97. The maximum Gasteiger partial charge on any atom is 0.324 e. The largest absolute Gasteiger partial charge is 0.396 e. The van der Waals surface area contributed by atoms with Gasteiger partial charge in [0.1, 0.15) is 18.2 Å². The van der Waals surface area contributed by atoms with E-state index in [1.807, 2.05) is 0 Å². The highest BCUT2D eigenvalue weighted by atomic mass is 32.1. The molecule has 0 spiro atoms. The van der Waals surface area contributed by atoms with Crippen molar-refractivity contribution in [1.29, 1.82) is 15.8 Å². The maximum absolute atomic E-state index is 10.5. The second-order valence-corrected chi connectivity index (χ2v) is 4.21. The summed E-state index contributed by atoms with van der Waals surface area (Å²) in [6, 6.07) is 7.64. The first-order valence-electron chi connectivity index (χ1n) is 4.69. The summed E-state index contributed by atoms with van der Waals surface area (Å²) in [5.41, 5.74) is 4.81. The van der Waals surface area contributed by atoms with Gasteiger partial charge < -0.3 is 5.73 Å². The Hall–Kier alpha value is -3.15. The fourth-order valence-electron chi connectivity index (χ4n) is 1.11. The molecule has 7 nitrogen and oxygen atoms in total. The van der Waals surface area contributed by atoms with Gasteiger partial charge in [-0.1, -0.05) is 11.3 Å². The number of thiophene rings is 1. The lowest BCUT2D eigenvalue weighted by Crippen LogP contribution is -2.03. The fraction of sp³-hybridized carbons (Fsp3) is 0. The Morgan fingerprint density at radius 2 is 1.95 bits per heavy atom. The molecule has 0 bridgehead atoms. The van der Waals surface area contributed by atoms with E-state index < -0.39 is 4.92 Å². The van der Waals surface area contributed by atoms with Crippen LogP contribution in [0.2, 0.25) is 0 Å². The summed E-state index contributed by atoms with van der Waals surface area (Å²) in [7, 11) is 0. The fourth-order valence-corrected chi connectivity index (χ4v) is 1.88. The highest BCUT2D eigenvalue weighted by Gasteiger charge is 2.11. The molecule has 0 aliphatic carbocycles. The quantitative estimate of drug-likeness (QED) is 0.384. The second-order valence-electron chi connectivity index (χ2n) is 3.12. The molecule has 0 fully saturated rings. The molecule has 1 heterocycles. The van der Waals surface area contributed by atoms with Crippen LogP contribution >= 0.6 is 11.3 Å². The maximum atomic E-state index is 10.5. The third kappa shape index (κ3) is 3.16. The minimum Gasteiger partial charge on any atom is -0.396 e. The number of nitrogens with two attached hydrogens (primary N) is 1. The number of nitrogens with zero attached hydrogens (tertiary/aromatic N) is 4. The van der Waals surface area contributed by atoms with Gasteiger partial charge in [-0.2, -0.15) is 15.8 Å². The van der Waals surface area contributed by atoms with Gasteiger partial charge in [0.15, 0.2) is 5.57 Å². The van der Waals surface area contributed by atoms with Gasteiger partial charge in [-0.05, 0) is 12.1 Å². The van der Waals surface area contributed by atoms with Crippen molar-refractivity contribution >= 4 is 22.4 Å². The van der Waals surface area contributed by atoms with Gasteiger partial charge in [0.2, 0.25) is 0 Å². The van der Waals surface area contributed by atoms with Crippen molar-refractivity contribution in [1.82, 2.24) is 0 Å². The number of hydrogen-bond donors (Lipinski definition) is 1. The zero-order chi connectivity index (χ0) is 14.4. The zero-order valence-electron chi connectivity index (χ0n) is 9.32. The predicted molar refractivity (Wildman–Crippen MR) is 67.0 cm³/mol. The van der Waals surface area contributed by atoms with E-state index in [4.69, 9.17) is 21.5 Å². The van der Waals surface area contributed by atoms with Crippen LogP contribution in [0.25, 0.3) is 6.08 Å². The molecular formula is C11H5N5O2S. The first kappa shape index (κ1) is 13.9. The molecule has 92 valence electrons. The van der Waals surface area contributed by atoms with E-state index in [0.717, 1.165) is 11.3 Å². The molecule has 0 aliphatic heterocycles. The summed E-state index contributed by atoms with van der Waals surface area (Å²) in [5.74, 6) is 0. The summed E-state index contributed by atoms with van der Waals surface area (Å²) in [4.78, 5) is 10.4. The van der Waals surface area contributed by atoms with Crippen LogP contribution in [0.1, 0.15) is 4.88 Å². The Labute approximate surface area is 111 Å². The van der Waals surface area contributed by atoms with Crippen LogP contribution in [0, 0.1) is 44.1 Å². The Kier molecular flexibility index (Phi) is 4.37. The SMILES string of the molecule is N#CC(C#N)=C(N)/C(C#N)=C/c1ccc([N+](=O)[O-])s1. The number of nitro groups is 1. The van der Waals surface area contributed by atoms with Gasteiger partial charge in [0.05, 0.1) is 16.2 Å². The average molecular weight is 271 g/mol. The monoisotopic (exact) mass is 271 g/mol. The van der Waals surface area contributed by atoms with E-state index in [-0.39, 0.29) is 21.8 Å². The predicted octanol–water partition coefficient (Wildman–Crippen LogP) is 1.82. The van der Waals surface area contributed by atoms with Gasteiger partial charge in [0.25, 0.3) is 0 Å². The molecule has 0 saturated heterocycles. The minimum absolute atomic E-state index is 0.0770. The van der Waals surface area contributed by atoms with Crippen molar-refractivity contribution in [3.63, 3.8) is 0 Å². The van der Waals surface area contributed by atoms with Crippen molar-refractivity contribution < 1.29 is 4.92 Å². The van der Waals surface area contributed by atoms with E-state index in [1.54, 1.807) is 18.2 Å². The number of nitriles is 3. The molecular weight excluding hydrogens is 266 g/mol. The molecule has 0 aromatic carbocycles. The topological polar surface area (TPSA) is 141 Å². The standard InChI is InChI=1S/C11H5N5O2S/c12-4-7(11(15)8(5-13)6-14)3-9-1-2-10(19-9)16(17)18/h1-3H,15H2/b7-3+. The van der Waals surface area contributed by atoms with Gasteiger partial charge in [0, 0.05) is 10.9 Å². The van der Waals surface area contributed by atoms with Crippen LogP contribution in [0.4, 0.5) is 5.00 Å². The minimum atomic E-state index is -0.552. The third-order valence-corrected chi connectivity index (χ3v) is 2.97. The Morgan fingerprint density at radius 3 is 2.37 bits per heavy atom. The Bertz CT molecular complexity index is 693. The summed E-state index contributed by atoms with van der Waals surface area (Å²) < 4.78 is 0. The van der Waals surface area contributed by atoms with Crippen LogP contribution in [-0.4, -0.2) is 4.92 Å². The average Bonchev–Trinajstić information content (AvgIpc) is 2.86. The summed E-state index contributed by atoms with van der Waals surface area (Å²) >= 11 is 0.858. The van der Waals surface area contributed by atoms with Crippen molar-refractivity contribution in [3.05, 3.63) is 44.0 Å². The lowest BCUT2D eigenvalue weighted by Gasteiger charge is -1.97. The summed E-state index contributed by atoms with van der Waals surface area (Å²) in [6.07, 6.45) is 1.29. The summed E-state index contributed by atoms with van der Waals surface area (Å²) in [5, 5.41) is 36.7. The van der Waals surface area contributed by atoms with E-state index >= 15 is 0 Å². The highest BCUT2D eigenvalue weighted by Crippen LogP contribution is 2.26. The van der Waals surface area contributed by atoms with Crippen LogP contribution in [0.15, 0.2) is 29.0 Å². The van der Waals surface area contributed by atoms with Gasteiger partial charge >= 0.3 is 5.00 Å².